The molecule has 16 heavy (non-hydrogen) atoms. The molecule has 0 bridgehead atoms. The van der Waals surface area contributed by atoms with Crippen LogP contribution in [0.2, 0.25) is 0 Å². The van der Waals surface area contributed by atoms with Gasteiger partial charge in [0.15, 0.2) is 5.69 Å². The van der Waals surface area contributed by atoms with Gasteiger partial charge in [-0.05, 0) is 6.92 Å². The second-order valence-electron chi connectivity index (χ2n) is 2.95. The molecule has 1 heterocycles. The van der Waals surface area contributed by atoms with Gasteiger partial charge in [-0.15, -0.1) is 0 Å². The molecule has 0 aliphatic heterocycles. The zero-order chi connectivity index (χ0) is 12.5. The molecule has 0 saturated heterocycles. The fourth-order valence-corrected chi connectivity index (χ4v) is 1.17. The number of hydrogen-bond acceptors (Lipinski definition) is 4. The fourth-order valence-electron chi connectivity index (χ4n) is 1.17. The molecule has 1 aromatic heterocycles. The van der Waals surface area contributed by atoms with Crippen LogP contribution in [0, 0.1) is 17.0 Å². The SMILES string of the molecule is Cc1nc(C(F)F)c([N+](=O)[O-])cc1C(N)=O. The first-order valence-corrected chi connectivity index (χ1v) is 4.08. The number of alkyl halides is 2. The van der Waals surface area contributed by atoms with Crippen LogP contribution in [-0.2, 0) is 0 Å². The molecule has 0 aromatic carbocycles. The van der Waals surface area contributed by atoms with E-state index in [1.54, 1.807) is 0 Å². The highest BCUT2D eigenvalue weighted by molar-refractivity contribution is 5.94. The van der Waals surface area contributed by atoms with E-state index in [2.05, 4.69) is 4.98 Å². The van der Waals surface area contributed by atoms with Crippen LogP contribution in [0.5, 0.6) is 0 Å². The van der Waals surface area contributed by atoms with Crippen molar-refractivity contribution < 1.29 is 18.5 Å². The van der Waals surface area contributed by atoms with E-state index in [9.17, 15) is 23.7 Å². The van der Waals surface area contributed by atoms with Gasteiger partial charge in [0.25, 0.3) is 18.0 Å². The predicted molar refractivity (Wildman–Crippen MR) is 49.1 cm³/mol. The summed E-state index contributed by atoms with van der Waals surface area (Å²) in [7, 11) is 0. The normalized spacial score (nSPS) is 10.5. The summed E-state index contributed by atoms with van der Waals surface area (Å²) in [6, 6.07) is 0.714. The van der Waals surface area contributed by atoms with Gasteiger partial charge >= 0.3 is 0 Å². The van der Waals surface area contributed by atoms with Crippen molar-refractivity contribution in [2.24, 2.45) is 5.73 Å². The van der Waals surface area contributed by atoms with Crippen molar-refractivity contribution in [2.75, 3.05) is 0 Å². The van der Waals surface area contributed by atoms with Crippen LogP contribution in [0.4, 0.5) is 14.5 Å². The molecule has 2 N–H and O–H groups in total. The number of nitro groups is 1. The van der Waals surface area contributed by atoms with E-state index in [1.165, 1.54) is 6.92 Å². The second-order valence-corrected chi connectivity index (χ2v) is 2.95. The quantitative estimate of drug-likeness (QED) is 0.626. The van der Waals surface area contributed by atoms with E-state index in [1.807, 2.05) is 0 Å². The second kappa shape index (κ2) is 4.17. The van der Waals surface area contributed by atoms with Gasteiger partial charge < -0.3 is 5.73 Å². The number of aromatic nitrogens is 1. The molecule has 1 rings (SSSR count). The Bertz CT molecular complexity index is 462. The highest BCUT2D eigenvalue weighted by Crippen LogP contribution is 2.28. The monoisotopic (exact) mass is 231 g/mol. The van der Waals surface area contributed by atoms with Gasteiger partial charge in [0.05, 0.1) is 16.2 Å². The first-order valence-electron chi connectivity index (χ1n) is 4.08. The predicted octanol–water partition coefficient (Wildman–Crippen LogP) is 1.33. The van der Waals surface area contributed by atoms with Crippen LogP contribution < -0.4 is 5.73 Å². The molecule has 0 atom stereocenters. The van der Waals surface area contributed by atoms with E-state index in [4.69, 9.17) is 5.73 Å². The minimum absolute atomic E-state index is 0.0617. The third-order valence-corrected chi connectivity index (χ3v) is 1.89. The number of halogens is 2. The molecule has 0 spiro atoms. The number of aryl methyl sites for hydroxylation is 1. The van der Waals surface area contributed by atoms with Gasteiger partial charge in [-0.2, -0.15) is 0 Å². The molecular weight excluding hydrogens is 224 g/mol. The maximum Gasteiger partial charge on any atom is 0.297 e. The lowest BCUT2D eigenvalue weighted by molar-refractivity contribution is -0.386. The molecule has 0 aliphatic rings. The summed E-state index contributed by atoms with van der Waals surface area (Å²) in [5.41, 5.74) is 2.75. The van der Waals surface area contributed by atoms with Gasteiger partial charge in [-0.3, -0.25) is 14.9 Å². The molecular formula is C8H7F2N3O3. The minimum atomic E-state index is -3.08. The Kier molecular flexibility index (Phi) is 3.11. The largest absolute Gasteiger partial charge is 0.366 e. The average Bonchev–Trinajstić information content (AvgIpc) is 2.15. The van der Waals surface area contributed by atoms with Crippen LogP contribution in [0.25, 0.3) is 0 Å². The number of primary amides is 1. The van der Waals surface area contributed by atoms with Crippen molar-refractivity contribution in [2.45, 2.75) is 13.3 Å². The Morgan fingerprint density at radius 1 is 1.62 bits per heavy atom. The standard InChI is InChI=1S/C8H7F2N3O3/c1-3-4(8(11)14)2-5(13(15)16)6(12-3)7(9)10/h2,7H,1H3,(H2,11,14). The Morgan fingerprint density at radius 3 is 2.56 bits per heavy atom. The van der Waals surface area contributed by atoms with Crippen molar-refractivity contribution in [1.29, 1.82) is 0 Å². The first-order chi connectivity index (χ1) is 7.34. The Labute approximate surface area is 88.2 Å². The lowest BCUT2D eigenvalue weighted by Gasteiger charge is -2.05. The topological polar surface area (TPSA) is 99.1 Å². The zero-order valence-electron chi connectivity index (χ0n) is 8.11. The summed E-state index contributed by atoms with van der Waals surface area (Å²) >= 11 is 0. The zero-order valence-corrected chi connectivity index (χ0v) is 8.11. The number of nitrogens with two attached hydrogens (primary N) is 1. The maximum absolute atomic E-state index is 12.4. The van der Waals surface area contributed by atoms with Crippen molar-refractivity contribution in [1.82, 2.24) is 4.98 Å². The lowest BCUT2D eigenvalue weighted by atomic mass is 10.1. The van der Waals surface area contributed by atoms with Gasteiger partial charge in [0, 0.05) is 6.07 Å². The van der Waals surface area contributed by atoms with Gasteiger partial charge in [-0.1, -0.05) is 0 Å². The van der Waals surface area contributed by atoms with E-state index in [0.717, 1.165) is 0 Å². The lowest BCUT2D eigenvalue weighted by Crippen LogP contribution is -2.15. The van der Waals surface area contributed by atoms with Gasteiger partial charge in [0.1, 0.15) is 0 Å². The Morgan fingerprint density at radius 2 is 2.19 bits per heavy atom. The van der Waals surface area contributed by atoms with Crippen LogP contribution in [-0.4, -0.2) is 15.8 Å². The van der Waals surface area contributed by atoms with Crippen molar-refractivity contribution in [3.63, 3.8) is 0 Å². The van der Waals surface area contributed by atoms with Crippen LogP contribution in [0.3, 0.4) is 0 Å². The molecule has 0 fully saturated rings. The van der Waals surface area contributed by atoms with Crippen LogP contribution >= 0.6 is 0 Å². The van der Waals surface area contributed by atoms with Crippen LogP contribution in [0.1, 0.15) is 28.2 Å². The third-order valence-electron chi connectivity index (χ3n) is 1.89. The molecule has 86 valence electrons. The molecule has 0 aliphatic carbocycles. The number of nitrogens with zero attached hydrogens (tertiary/aromatic N) is 2. The molecule has 1 amide bonds. The Hall–Kier alpha value is -2.12. The molecule has 0 saturated carbocycles. The molecule has 6 nitrogen and oxygen atoms in total. The molecule has 1 aromatic rings. The van der Waals surface area contributed by atoms with E-state index < -0.39 is 28.6 Å². The summed E-state index contributed by atoms with van der Waals surface area (Å²) in [6.07, 6.45) is -3.08. The van der Waals surface area contributed by atoms with Crippen molar-refractivity contribution in [3.05, 3.63) is 33.1 Å². The number of carbonyl (C=O) groups excluding carboxylic acids is 1. The summed E-state index contributed by atoms with van der Waals surface area (Å²) in [4.78, 5) is 23.6. The van der Waals surface area contributed by atoms with Gasteiger partial charge in [0.2, 0.25) is 0 Å². The fraction of sp³-hybridized carbons (Fsp3) is 0.250. The van der Waals surface area contributed by atoms with Crippen molar-refractivity contribution in [3.8, 4) is 0 Å². The number of rotatable bonds is 3. The number of carbonyl (C=O) groups is 1. The highest BCUT2D eigenvalue weighted by Gasteiger charge is 2.26. The molecule has 0 unspecified atom stereocenters. The van der Waals surface area contributed by atoms with E-state index >= 15 is 0 Å². The first kappa shape index (κ1) is 12.0. The number of amides is 1. The number of hydrogen-bond donors (Lipinski definition) is 1. The van der Waals surface area contributed by atoms with Crippen LogP contribution in [0.15, 0.2) is 6.07 Å². The smallest absolute Gasteiger partial charge is 0.297 e. The Balaban J connectivity index is 3.49. The summed E-state index contributed by atoms with van der Waals surface area (Å²) < 4.78 is 24.8. The summed E-state index contributed by atoms with van der Waals surface area (Å²) in [5, 5.41) is 10.5. The van der Waals surface area contributed by atoms with Gasteiger partial charge in [-0.25, -0.2) is 13.8 Å². The van der Waals surface area contributed by atoms with E-state index in [-0.39, 0.29) is 11.3 Å². The summed E-state index contributed by atoms with van der Waals surface area (Å²) in [5.74, 6) is -0.950. The maximum atomic E-state index is 12.4. The molecule has 0 radical (unpaired) electrons. The molecule has 8 heteroatoms. The minimum Gasteiger partial charge on any atom is -0.366 e. The average molecular weight is 231 g/mol. The third kappa shape index (κ3) is 2.10. The van der Waals surface area contributed by atoms with Crippen molar-refractivity contribution >= 4 is 11.6 Å². The van der Waals surface area contributed by atoms with E-state index in [0.29, 0.717) is 6.07 Å². The highest BCUT2D eigenvalue weighted by atomic mass is 19.3. The number of pyridine rings is 1. The summed E-state index contributed by atoms with van der Waals surface area (Å²) in [6.45, 7) is 1.27.